The van der Waals surface area contributed by atoms with E-state index in [2.05, 4.69) is 32.1 Å². The molecule has 1 heteroatoms. The van der Waals surface area contributed by atoms with Gasteiger partial charge in [-0.3, -0.25) is 0 Å². The molecule has 1 nitrogen and oxygen atoms in total. The normalized spacial score (nSPS) is 32.6. The number of nitriles is 1. The van der Waals surface area contributed by atoms with Crippen LogP contribution >= 0.6 is 0 Å². The molecule has 0 saturated heterocycles. The van der Waals surface area contributed by atoms with E-state index < -0.39 is 0 Å². The molecule has 0 bridgehead atoms. The third kappa shape index (κ3) is 6.75. The average Bonchev–Trinajstić information content (AvgIpc) is 2.69. The first-order chi connectivity index (χ1) is 12.7. The second-order valence-electron chi connectivity index (χ2n) is 9.32. The summed E-state index contributed by atoms with van der Waals surface area (Å²) in [7, 11) is 0. The molecule has 0 aromatic heterocycles. The van der Waals surface area contributed by atoms with Gasteiger partial charge in [-0.1, -0.05) is 70.4 Å². The predicted octanol–water partition coefficient (Wildman–Crippen LogP) is 8.21. The molecule has 0 amide bonds. The Balaban J connectivity index is 1.65. The van der Waals surface area contributed by atoms with Crippen molar-refractivity contribution < 1.29 is 0 Å². The maximum atomic E-state index is 9.73. The van der Waals surface area contributed by atoms with Gasteiger partial charge in [0.05, 0.1) is 11.5 Å². The van der Waals surface area contributed by atoms with Crippen molar-refractivity contribution in [2.24, 2.45) is 23.2 Å². The molecule has 0 aromatic rings. The topological polar surface area (TPSA) is 23.8 Å². The first kappa shape index (κ1) is 21.5. The van der Waals surface area contributed by atoms with Gasteiger partial charge >= 0.3 is 0 Å². The van der Waals surface area contributed by atoms with Crippen LogP contribution in [0.1, 0.15) is 117 Å². The van der Waals surface area contributed by atoms with Crippen LogP contribution in [0, 0.1) is 34.5 Å². The molecule has 2 rings (SSSR count). The van der Waals surface area contributed by atoms with E-state index in [1.54, 1.807) is 0 Å². The van der Waals surface area contributed by atoms with Gasteiger partial charge in [-0.05, 0) is 76.0 Å². The van der Waals surface area contributed by atoms with Gasteiger partial charge in [0.1, 0.15) is 0 Å². The molecule has 2 aliphatic carbocycles. The molecule has 26 heavy (non-hydrogen) atoms. The molecule has 2 aliphatic rings. The minimum absolute atomic E-state index is 0.00823. The second-order valence-corrected chi connectivity index (χ2v) is 9.32. The van der Waals surface area contributed by atoms with E-state index in [0.717, 1.165) is 43.4 Å². The van der Waals surface area contributed by atoms with E-state index in [4.69, 9.17) is 0 Å². The van der Waals surface area contributed by atoms with Gasteiger partial charge in [-0.15, -0.1) is 0 Å². The summed E-state index contributed by atoms with van der Waals surface area (Å²) >= 11 is 0. The zero-order valence-electron chi connectivity index (χ0n) is 17.6. The zero-order chi connectivity index (χ0) is 18.7. The Bertz CT molecular complexity index is 428. The van der Waals surface area contributed by atoms with Crippen LogP contribution in [-0.2, 0) is 0 Å². The Labute approximate surface area is 163 Å². The molecule has 0 aromatic carbocycles. The average molecular weight is 358 g/mol. The van der Waals surface area contributed by atoms with Crippen molar-refractivity contribution in [3.05, 3.63) is 12.2 Å². The quantitative estimate of drug-likeness (QED) is 0.285. The van der Waals surface area contributed by atoms with Gasteiger partial charge in [0, 0.05) is 0 Å². The van der Waals surface area contributed by atoms with Crippen molar-refractivity contribution in [1.82, 2.24) is 0 Å². The standard InChI is InChI=1S/C25H43N/c1-3-5-7-8-9-11-22-12-14-23(15-13-22)24-16-19-25(21-26,20-17-24)18-10-6-4-2/h4,6,22-24H,3,5,7-20H2,1-2H3. The molecular weight excluding hydrogens is 314 g/mol. The highest BCUT2D eigenvalue weighted by molar-refractivity contribution is 5.03. The summed E-state index contributed by atoms with van der Waals surface area (Å²) < 4.78 is 0. The number of nitrogens with zero attached hydrogens (tertiary/aromatic N) is 1. The van der Waals surface area contributed by atoms with Crippen molar-refractivity contribution in [2.75, 3.05) is 0 Å². The van der Waals surface area contributed by atoms with E-state index in [-0.39, 0.29) is 5.41 Å². The van der Waals surface area contributed by atoms with E-state index >= 15 is 0 Å². The molecule has 0 radical (unpaired) electrons. The Morgan fingerprint density at radius 2 is 1.58 bits per heavy atom. The molecule has 0 aliphatic heterocycles. The Kier molecular flexibility index (Phi) is 9.80. The van der Waals surface area contributed by atoms with Gasteiger partial charge in [-0.2, -0.15) is 5.26 Å². The first-order valence-corrected chi connectivity index (χ1v) is 11.8. The third-order valence-electron chi connectivity index (χ3n) is 7.52. The van der Waals surface area contributed by atoms with Crippen LogP contribution in [0.3, 0.4) is 0 Å². The molecule has 0 heterocycles. The summed E-state index contributed by atoms with van der Waals surface area (Å²) in [6, 6.07) is 2.71. The lowest BCUT2D eigenvalue weighted by atomic mass is 9.63. The monoisotopic (exact) mass is 357 g/mol. The lowest BCUT2D eigenvalue weighted by molar-refractivity contribution is 0.116. The highest BCUT2D eigenvalue weighted by atomic mass is 14.4. The number of hydrogen-bond donors (Lipinski definition) is 0. The largest absolute Gasteiger partial charge is 0.198 e. The Hall–Kier alpha value is -0.770. The molecule has 2 saturated carbocycles. The van der Waals surface area contributed by atoms with Crippen LogP contribution in [0.15, 0.2) is 12.2 Å². The summed E-state index contributed by atoms with van der Waals surface area (Å²) in [6.45, 7) is 4.38. The Morgan fingerprint density at radius 1 is 0.923 bits per heavy atom. The van der Waals surface area contributed by atoms with Crippen molar-refractivity contribution >= 4 is 0 Å². The van der Waals surface area contributed by atoms with Crippen molar-refractivity contribution in [1.29, 1.82) is 5.26 Å². The second kappa shape index (κ2) is 11.8. The van der Waals surface area contributed by atoms with Gasteiger partial charge in [-0.25, -0.2) is 0 Å². The van der Waals surface area contributed by atoms with Crippen LogP contribution in [0.25, 0.3) is 0 Å². The van der Waals surface area contributed by atoms with Gasteiger partial charge < -0.3 is 0 Å². The van der Waals surface area contributed by atoms with Gasteiger partial charge in [0.15, 0.2) is 0 Å². The minimum Gasteiger partial charge on any atom is -0.198 e. The third-order valence-corrected chi connectivity index (χ3v) is 7.52. The van der Waals surface area contributed by atoms with Crippen LogP contribution in [0.2, 0.25) is 0 Å². The highest BCUT2D eigenvalue weighted by Gasteiger charge is 2.38. The number of unbranched alkanes of at least 4 members (excludes halogenated alkanes) is 4. The summed E-state index contributed by atoms with van der Waals surface area (Å²) in [5, 5.41) is 9.73. The fourth-order valence-electron chi connectivity index (χ4n) is 5.59. The SMILES string of the molecule is CC=CCCC1(C#N)CCC(C2CCC(CCCCCCC)CC2)CC1. The first-order valence-electron chi connectivity index (χ1n) is 11.8. The molecular formula is C25H43N. The zero-order valence-corrected chi connectivity index (χ0v) is 17.6. The molecule has 0 N–H and O–H groups in total. The smallest absolute Gasteiger partial charge is 0.0689 e. The Morgan fingerprint density at radius 3 is 2.19 bits per heavy atom. The molecule has 2 fully saturated rings. The fraction of sp³-hybridized carbons (Fsp3) is 0.880. The number of allylic oxidation sites excluding steroid dienone is 2. The molecule has 0 spiro atoms. The maximum absolute atomic E-state index is 9.73. The van der Waals surface area contributed by atoms with E-state index in [0.29, 0.717) is 0 Å². The summed E-state index contributed by atoms with van der Waals surface area (Å²) in [5.41, 5.74) is -0.00823. The van der Waals surface area contributed by atoms with Crippen LogP contribution < -0.4 is 0 Å². The van der Waals surface area contributed by atoms with E-state index in [1.807, 2.05) is 0 Å². The minimum atomic E-state index is -0.00823. The summed E-state index contributed by atoms with van der Waals surface area (Å²) in [4.78, 5) is 0. The molecule has 0 atom stereocenters. The lowest BCUT2D eigenvalue weighted by Crippen LogP contribution is -2.31. The number of hydrogen-bond acceptors (Lipinski definition) is 1. The summed E-state index contributed by atoms with van der Waals surface area (Å²) in [6.07, 6.45) is 26.0. The van der Waals surface area contributed by atoms with E-state index in [9.17, 15) is 5.26 Å². The van der Waals surface area contributed by atoms with Gasteiger partial charge in [0.2, 0.25) is 0 Å². The van der Waals surface area contributed by atoms with Crippen molar-refractivity contribution in [3.8, 4) is 6.07 Å². The predicted molar refractivity (Wildman–Crippen MR) is 113 cm³/mol. The number of rotatable bonds is 10. The van der Waals surface area contributed by atoms with Crippen molar-refractivity contribution in [2.45, 2.75) is 117 Å². The van der Waals surface area contributed by atoms with Crippen LogP contribution in [0.4, 0.5) is 0 Å². The highest BCUT2D eigenvalue weighted by Crippen LogP contribution is 2.47. The van der Waals surface area contributed by atoms with E-state index in [1.165, 1.54) is 77.0 Å². The summed E-state index contributed by atoms with van der Waals surface area (Å²) in [5.74, 6) is 2.91. The molecule has 148 valence electrons. The van der Waals surface area contributed by atoms with Crippen LogP contribution in [-0.4, -0.2) is 0 Å². The fourth-order valence-corrected chi connectivity index (χ4v) is 5.59. The lowest BCUT2D eigenvalue weighted by Gasteiger charge is -2.40. The maximum Gasteiger partial charge on any atom is 0.0689 e. The van der Waals surface area contributed by atoms with Gasteiger partial charge in [0.25, 0.3) is 0 Å². The van der Waals surface area contributed by atoms with Crippen LogP contribution in [0.5, 0.6) is 0 Å². The molecule has 0 unspecified atom stereocenters. The van der Waals surface area contributed by atoms with Crippen molar-refractivity contribution in [3.63, 3.8) is 0 Å².